The lowest BCUT2D eigenvalue weighted by atomic mass is 10.2. The molecule has 33 heavy (non-hydrogen) atoms. The van der Waals surface area contributed by atoms with E-state index in [9.17, 15) is 9.59 Å². The first-order valence-corrected chi connectivity index (χ1v) is 11.0. The molecule has 1 N–H and O–H groups in total. The van der Waals surface area contributed by atoms with Crippen LogP contribution in [0.3, 0.4) is 0 Å². The monoisotopic (exact) mass is 438 g/mol. The minimum Gasteiger partial charge on any atom is -0.423 e. The van der Waals surface area contributed by atoms with Gasteiger partial charge in [0, 0.05) is 37.2 Å². The molecule has 0 unspecified atom stereocenters. The van der Waals surface area contributed by atoms with Crippen LogP contribution in [0.2, 0.25) is 0 Å². The fourth-order valence-corrected chi connectivity index (χ4v) is 3.66. The molecule has 1 aromatic heterocycles. The van der Waals surface area contributed by atoms with Crippen molar-refractivity contribution < 1.29 is 9.21 Å². The molecule has 166 valence electrons. The molecule has 1 amide bonds. The second-order valence-electron chi connectivity index (χ2n) is 7.75. The molecule has 0 spiro atoms. The van der Waals surface area contributed by atoms with Crippen LogP contribution in [0.4, 0.5) is 5.69 Å². The second kappa shape index (κ2) is 11.0. The number of carbonyl (C=O) groups excluding carboxylic acids is 1. The highest BCUT2D eigenvalue weighted by molar-refractivity contribution is 5.92. The Kier molecular flexibility index (Phi) is 7.33. The van der Waals surface area contributed by atoms with Crippen LogP contribution in [0.5, 0.6) is 0 Å². The van der Waals surface area contributed by atoms with Gasteiger partial charge in [0.25, 0.3) is 0 Å². The smallest absolute Gasteiger partial charge is 0.338 e. The van der Waals surface area contributed by atoms with Crippen LogP contribution in [-0.2, 0) is 11.3 Å². The largest absolute Gasteiger partial charge is 0.423 e. The molecule has 0 radical (unpaired) electrons. The van der Waals surface area contributed by atoms with Crippen LogP contribution >= 0.6 is 0 Å². The lowest BCUT2D eigenvalue weighted by Crippen LogP contribution is -2.31. The van der Waals surface area contributed by atoms with E-state index >= 15 is 0 Å². The van der Waals surface area contributed by atoms with Crippen molar-refractivity contribution >= 4 is 28.6 Å². The highest BCUT2D eigenvalue weighted by Crippen LogP contribution is 2.21. The Morgan fingerprint density at radius 2 is 1.61 bits per heavy atom. The lowest BCUT2D eigenvalue weighted by molar-refractivity contribution is -0.126. The minimum absolute atomic E-state index is 0.0338. The summed E-state index contributed by atoms with van der Waals surface area (Å²) in [5.74, 6) is -0.0338. The van der Waals surface area contributed by atoms with Gasteiger partial charge in [-0.25, -0.2) is 4.79 Å². The summed E-state index contributed by atoms with van der Waals surface area (Å²) in [5.41, 5.74) is 2.98. The predicted octanol–water partition coefficient (Wildman–Crippen LogP) is 5.34. The fourth-order valence-electron chi connectivity index (χ4n) is 3.66. The maximum absolute atomic E-state index is 13.0. The molecule has 0 aliphatic heterocycles. The molecule has 5 nitrogen and oxygen atoms in total. The summed E-state index contributed by atoms with van der Waals surface area (Å²) in [6.07, 6.45) is 4.20. The topological polar surface area (TPSA) is 62.6 Å². The van der Waals surface area contributed by atoms with Crippen LogP contribution in [0, 0.1) is 0 Å². The van der Waals surface area contributed by atoms with Crippen molar-refractivity contribution in [1.29, 1.82) is 0 Å². The average molecular weight is 439 g/mol. The van der Waals surface area contributed by atoms with E-state index in [1.807, 2.05) is 89.8 Å². The molecule has 0 atom stereocenters. The Morgan fingerprint density at radius 3 is 2.39 bits per heavy atom. The average Bonchev–Trinajstić information content (AvgIpc) is 2.85. The molecule has 0 aliphatic carbocycles. The molecule has 0 aliphatic rings. The molecular formula is C28H26N2O3. The van der Waals surface area contributed by atoms with Crippen LogP contribution < -0.4 is 10.9 Å². The van der Waals surface area contributed by atoms with E-state index in [-0.39, 0.29) is 11.5 Å². The molecular weight excluding hydrogens is 412 g/mol. The summed E-state index contributed by atoms with van der Waals surface area (Å²) >= 11 is 0. The number of anilines is 1. The third-order valence-corrected chi connectivity index (χ3v) is 5.32. The van der Waals surface area contributed by atoms with Gasteiger partial charge in [-0.3, -0.25) is 4.79 Å². The van der Waals surface area contributed by atoms with Crippen LogP contribution in [0.1, 0.15) is 17.5 Å². The zero-order chi connectivity index (χ0) is 22.9. The van der Waals surface area contributed by atoms with E-state index in [1.165, 1.54) is 6.07 Å². The van der Waals surface area contributed by atoms with E-state index < -0.39 is 0 Å². The van der Waals surface area contributed by atoms with Crippen LogP contribution in [0.15, 0.2) is 106 Å². The third-order valence-electron chi connectivity index (χ3n) is 5.32. The van der Waals surface area contributed by atoms with Gasteiger partial charge in [0.15, 0.2) is 0 Å². The number of benzene rings is 3. The molecule has 0 fully saturated rings. The van der Waals surface area contributed by atoms with Crippen molar-refractivity contribution in [3.63, 3.8) is 0 Å². The van der Waals surface area contributed by atoms with Crippen molar-refractivity contribution in [3.8, 4) is 0 Å². The standard InChI is InChI=1S/C28H26N2O3/c31-27(17-16-22-10-3-1-4-11-22)30(21-23-12-5-2-6-13-23)19-9-18-29-25-20-28(32)33-26-15-8-7-14-24(25)26/h1-8,10-17,20,29H,9,18-19,21H2/b17-16+. The van der Waals surface area contributed by atoms with Gasteiger partial charge in [-0.15, -0.1) is 0 Å². The first-order chi connectivity index (χ1) is 16.2. The van der Waals surface area contributed by atoms with Gasteiger partial charge in [-0.1, -0.05) is 72.8 Å². The number of para-hydroxylation sites is 1. The molecule has 0 saturated heterocycles. The quantitative estimate of drug-likeness (QED) is 0.218. The van der Waals surface area contributed by atoms with Gasteiger partial charge in [-0.2, -0.15) is 0 Å². The number of carbonyl (C=O) groups is 1. The summed E-state index contributed by atoms with van der Waals surface area (Å²) in [5, 5.41) is 4.19. The maximum Gasteiger partial charge on any atom is 0.338 e. The molecule has 0 saturated carbocycles. The summed E-state index contributed by atoms with van der Waals surface area (Å²) in [4.78, 5) is 26.7. The van der Waals surface area contributed by atoms with Crippen molar-refractivity contribution in [1.82, 2.24) is 4.90 Å². The second-order valence-corrected chi connectivity index (χ2v) is 7.75. The van der Waals surface area contributed by atoms with Gasteiger partial charge >= 0.3 is 5.63 Å². The lowest BCUT2D eigenvalue weighted by Gasteiger charge is -2.22. The van der Waals surface area contributed by atoms with Crippen molar-refractivity contribution in [3.05, 3.63) is 119 Å². The Morgan fingerprint density at radius 1 is 0.909 bits per heavy atom. The Bertz CT molecular complexity index is 1280. The number of rotatable bonds is 9. The Labute approximate surface area is 193 Å². The summed E-state index contributed by atoms with van der Waals surface area (Å²) < 4.78 is 5.25. The zero-order valence-electron chi connectivity index (χ0n) is 18.3. The maximum atomic E-state index is 13.0. The third kappa shape index (κ3) is 6.20. The summed E-state index contributed by atoms with van der Waals surface area (Å²) in [6.45, 7) is 1.74. The number of hydrogen-bond acceptors (Lipinski definition) is 4. The highest BCUT2D eigenvalue weighted by Gasteiger charge is 2.12. The molecule has 4 aromatic rings. The van der Waals surface area contributed by atoms with Gasteiger partial charge in [0.1, 0.15) is 5.58 Å². The number of hydrogen-bond donors (Lipinski definition) is 1. The van der Waals surface area contributed by atoms with Crippen LogP contribution in [0.25, 0.3) is 17.0 Å². The molecule has 1 heterocycles. The van der Waals surface area contributed by atoms with E-state index in [0.29, 0.717) is 25.2 Å². The normalized spacial score (nSPS) is 11.0. The molecule has 4 rings (SSSR count). The first-order valence-electron chi connectivity index (χ1n) is 11.0. The van der Waals surface area contributed by atoms with Crippen LogP contribution in [-0.4, -0.2) is 23.9 Å². The number of nitrogens with zero attached hydrogens (tertiary/aromatic N) is 1. The van der Waals surface area contributed by atoms with E-state index in [1.54, 1.807) is 12.1 Å². The van der Waals surface area contributed by atoms with Gasteiger partial charge in [0.2, 0.25) is 5.91 Å². The molecule has 5 heteroatoms. The van der Waals surface area contributed by atoms with Crippen molar-refractivity contribution in [2.75, 3.05) is 18.4 Å². The zero-order valence-corrected chi connectivity index (χ0v) is 18.3. The van der Waals surface area contributed by atoms with E-state index in [0.717, 1.165) is 28.6 Å². The summed E-state index contributed by atoms with van der Waals surface area (Å²) in [6, 6.07) is 28.7. The molecule has 3 aromatic carbocycles. The van der Waals surface area contributed by atoms with E-state index in [2.05, 4.69) is 5.32 Å². The van der Waals surface area contributed by atoms with Gasteiger partial charge in [-0.05, 0) is 35.8 Å². The Balaban J connectivity index is 1.41. The highest BCUT2D eigenvalue weighted by atomic mass is 16.4. The minimum atomic E-state index is -0.386. The number of nitrogens with one attached hydrogen (secondary N) is 1. The van der Waals surface area contributed by atoms with E-state index in [4.69, 9.17) is 4.42 Å². The first kappa shape index (κ1) is 22.1. The summed E-state index contributed by atoms with van der Waals surface area (Å²) in [7, 11) is 0. The predicted molar refractivity (Wildman–Crippen MR) is 133 cm³/mol. The fraction of sp³-hybridized carbons (Fsp3) is 0.143. The molecule has 0 bridgehead atoms. The van der Waals surface area contributed by atoms with Crippen molar-refractivity contribution in [2.45, 2.75) is 13.0 Å². The number of amides is 1. The van der Waals surface area contributed by atoms with Gasteiger partial charge in [0.05, 0.1) is 5.69 Å². The SMILES string of the molecule is O=C(/C=C/c1ccccc1)N(CCCNc1cc(=O)oc2ccccc12)Cc1ccccc1. The number of fused-ring (bicyclic) bond motifs is 1. The Hall–Kier alpha value is -4.12. The van der Waals surface area contributed by atoms with Crippen molar-refractivity contribution in [2.24, 2.45) is 0 Å². The van der Waals surface area contributed by atoms with Gasteiger partial charge < -0.3 is 14.6 Å².